The van der Waals surface area contributed by atoms with E-state index >= 15 is 0 Å². The van der Waals surface area contributed by atoms with Crippen LogP contribution in [0.25, 0.3) is 17.0 Å². The van der Waals surface area contributed by atoms with Crippen LogP contribution in [0.2, 0.25) is 0 Å². The van der Waals surface area contributed by atoms with Crippen molar-refractivity contribution in [2.24, 2.45) is 5.92 Å². The molecule has 1 aliphatic heterocycles. The standard InChI is InChI=1S/C17H16N2O3.2ClH/c20-16(19-10-8-13(11-19)17(21)22)6-5-12-7-9-18-15-4-2-1-3-14(12)15;;/h1-7,9,13H,8,10-11H2,(H,21,22);2*1H/b6-5+;;. The van der Waals surface area contributed by atoms with Crippen LogP contribution in [0.3, 0.4) is 0 Å². The molecule has 1 aliphatic rings. The molecule has 0 aliphatic carbocycles. The topological polar surface area (TPSA) is 70.5 Å². The summed E-state index contributed by atoms with van der Waals surface area (Å²) in [6, 6.07) is 9.59. The zero-order valence-electron chi connectivity index (χ0n) is 12.8. The molecule has 0 bridgehead atoms. The minimum atomic E-state index is -0.834. The van der Waals surface area contributed by atoms with E-state index in [-0.39, 0.29) is 37.3 Å². The molecule has 128 valence electrons. The summed E-state index contributed by atoms with van der Waals surface area (Å²) in [5.41, 5.74) is 1.80. The van der Waals surface area contributed by atoms with Gasteiger partial charge in [-0.25, -0.2) is 0 Å². The van der Waals surface area contributed by atoms with E-state index in [4.69, 9.17) is 5.11 Å². The normalized spacial score (nSPS) is 16.7. The first-order valence-electron chi connectivity index (χ1n) is 7.18. The van der Waals surface area contributed by atoms with Gasteiger partial charge in [-0.05, 0) is 30.2 Å². The van der Waals surface area contributed by atoms with Gasteiger partial charge in [-0.15, -0.1) is 24.8 Å². The Labute approximate surface area is 152 Å². The largest absolute Gasteiger partial charge is 0.481 e. The summed E-state index contributed by atoms with van der Waals surface area (Å²) in [5, 5.41) is 9.96. The quantitative estimate of drug-likeness (QED) is 0.845. The molecule has 1 aromatic carbocycles. The molecule has 1 atom stereocenters. The van der Waals surface area contributed by atoms with E-state index in [1.54, 1.807) is 17.2 Å². The summed E-state index contributed by atoms with van der Waals surface area (Å²) in [6.45, 7) is 0.785. The lowest BCUT2D eigenvalue weighted by atomic mass is 10.1. The van der Waals surface area contributed by atoms with Gasteiger partial charge in [-0.3, -0.25) is 14.6 Å². The van der Waals surface area contributed by atoms with Crippen molar-refractivity contribution in [2.45, 2.75) is 6.42 Å². The number of halogens is 2. The summed E-state index contributed by atoms with van der Waals surface area (Å²) in [7, 11) is 0. The highest BCUT2D eigenvalue weighted by molar-refractivity contribution is 5.96. The second-order valence-electron chi connectivity index (χ2n) is 5.36. The van der Waals surface area contributed by atoms with Crippen molar-refractivity contribution in [3.63, 3.8) is 0 Å². The van der Waals surface area contributed by atoms with Crippen molar-refractivity contribution in [2.75, 3.05) is 13.1 Å². The van der Waals surface area contributed by atoms with Crippen molar-refractivity contribution in [1.82, 2.24) is 9.88 Å². The Kier molecular flexibility index (Phi) is 7.19. The number of pyridine rings is 1. The molecule has 1 saturated heterocycles. The van der Waals surface area contributed by atoms with E-state index in [2.05, 4.69) is 4.98 Å². The number of benzene rings is 1. The molecule has 0 spiro atoms. The van der Waals surface area contributed by atoms with Crippen LogP contribution in [0.5, 0.6) is 0 Å². The molecular weight excluding hydrogens is 351 g/mol. The van der Waals surface area contributed by atoms with Crippen LogP contribution < -0.4 is 0 Å². The van der Waals surface area contributed by atoms with E-state index < -0.39 is 11.9 Å². The van der Waals surface area contributed by atoms with Crippen molar-refractivity contribution in [1.29, 1.82) is 0 Å². The van der Waals surface area contributed by atoms with Gasteiger partial charge in [0.25, 0.3) is 0 Å². The van der Waals surface area contributed by atoms with Gasteiger partial charge in [0.2, 0.25) is 5.91 Å². The Hall–Kier alpha value is -2.11. The van der Waals surface area contributed by atoms with Gasteiger partial charge in [0.1, 0.15) is 0 Å². The average molecular weight is 369 g/mol. The van der Waals surface area contributed by atoms with Crippen LogP contribution in [0.4, 0.5) is 0 Å². The highest BCUT2D eigenvalue weighted by Crippen LogP contribution is 2.19. The van der Waals surface area contributed by atoms with E-state index in [1.165, 1.54) is 6.08 Å². The highest BCUT2D eigenvalue weighted by Gasteiger charge is 2.29. The number of aromatic nitrogens is 1. The monoisotopic (exact) mass is 368 g/mol. The first-order valence-corrected chi connectivity index (χ1v) is 7.18. The number of fused-ring (bicyclic) bond motifs is 1. The summed E-state index contributed by atoms with van der Waals surface area (Å²) >= 11 is 0. The van der Waals surface area contributed by atoms with E-state index in [0.29, 0.717) is 13.0 Å². The first kappa shape index (κ1) is 19.9. The number of rotatable bonds is 3. The predicted molar refractivity (Wildman–Crippen MR) is 97.6 cm³/mol. The Morgan fingerprint density at radius 2 is 1.96 bits per heavy atom. The second-order valence-corrected chi connectivity index (χ2v) is 5.36. The molecule has 1 aromatic heterocycles. The van der Waals surface area contributed by atoms with Crippen LogP contribution in [0.1, 0.15) is 12.0 Å². The predicted octanol–water partition coefficient (Wildman–Crippen LogP) is 3.02. The second kappa shape index (κ2) is 8.66. The zero-order chi connectivity index (χ0) is 15.5. The molecule has 1 amide bonds. The molecule has 2 heterocycles. The summed E-state index contributed by atoms with van der Waals surface area (Å²) in [5.74, 6) is -1.43. The fourth-order valence-corrected chi connectivity index (χ4v) is 2.69. The minimum Gasteiger partial charge on any atom is -0.481 e. The van der Waals surface area contributed by atoms with Gasteiger partial charge >= 0.3 is 5.97 Å². The lowest BCUT2D eigenvalue weighted by Crippen LogP contribution is -2.28. The number of hydrogen-bond acceptors (Lipinski definition) is 3. The average Bonchev–Trinajstić information content (AvgIpc) is 3.03. The van der Waals surface area contributed by atoms with E-state index in [1.807, 2.05) is 30.3 Å². The third-order valence-electron chi connectivity index (χ3n) is 3.94. The maximum absolute atomic E-state index is 12.2. The zero-order valence-corrected chi connectivity index (χ0v) is 14.4. The number of carbonyl (C=O) groups is 2. The molecular formula is C17H18Cl2N2O3. The lowest BCUT2D eigenvalue weighted by molar-refractivity contribution is -0.141. The van der Waals surface area contributed by atoms with Crippen molar-refractivity contribution in [3.05, 3.63) is 48.2 Å². The SMILES string of the molecule is Cl.Cl.O=C(O)C1CCN(C(=O)/C=C/c2ccnc3ccccc23)C1. The van der Waals surface area contributed by atoms with Gasteiger partial charge < -0.3 is 10.0 Å². The summed E-state index contributed by atoms with van der Waals surface area (Å²) in [4.78, 5) is 28.9. The van der Waals surface area contributed by atoms with E-state index in [9.17, 15) is 9.59 Å². The molecule has 1 unspecified atom stereocenters. The first-order chi connectivity index (χ1) is 10.6. The molecule has 7 heteroatoms. The van der Waals surface area contributed by atoms with Crippen LogP contribution in [0, 0.1) is 5.92 Å². The van der Waals surface area contributed by atoms with Gasteiger partial charge in [0.15, 0.2) is 0 Å². The maximum atomic E-state index is 12.2. The summed E-state index contributed by atoms with van der Waals surface area (Å²) < 4.78 is 0. The Balaban J connectivity index is 0.00000144. The molecule has 1 fully saturated rings. The van der Waals surface area contributed by atoms with Gasteiger partial charge in [0, 0.05) is 30.7 Å². The minimum absolute atomic E-state index is 0. The fourth-order valence-electron chi connectivity index (χ4n) is 2.69. The number of amides is 1. The van der Waals surface area contributed by atoms with Crippen molar-refractivity contribution >= 4 is 53.7 Å². The Bertz CT molecular complexity index is 759. The van der Waals surface area contributed by atoms with E-state index in [0.717, 1.165) is 16.5 Å². The smallest absolute Gasteiger partial charge is 0.308 e. The number of para-hydroxylation sites is 1. The van der Waals surface area contributed by atoms with Gasteiger partial charge in [-0.1, -0.05) is 18.2 Å². The third-order valence-corrected chi connectivity index (χ3v) is 3.94. The van der Waals surface area contributed by atoms with Crippen LogP contribution in [-0.4, -0.2) is 40.0 Å². The van der Waals surface area contributed by atoms with Gasteiger partial charge in [-0.2, -0.15) is 0 Å². The summed E-state index contributed by atoms with van der Waals surface area (Å²) in [6.07, 6.45) is 5.50. The Morgan fingerprint density at radius 3 is 2.67 bits per heavy atom. The molecule has 5 nitrogen and oxygen atoms in total. The number of likely N-dealkylation sites (tertiary alicyclic amines) is 1. The third kappa shape index (κ3) is 4.24. The fraction of sp³-hybridized carbons (Fsp3) is 0.235. The number of carbonyl (C=O) groups excluding carboxylic acids is 1. The molecule has 1 N–H and O–H groups in total. The lowest BCUT2D eigenvalue weighted by Gasteiger charge is -2.12. The molecule has 24 heavy (non-hydrogen) atoms. The Morgan fingerprint density at radius 1 is 1.21 bits per heavy atom. The highest BCUT2D eigenvalue weighted by atomic mass is 35.5. The molecule has 0 saturated carbocycles. The van der Waals surface area contributed by atoms with Crippen LogP contribution in [0.15, 0.2) is 42.6 Å². The van der Waals surface area contributed by atoms with Crippen LogP contribution >= 0.6 is 24.8 Å². The maximum Gasteiger partial charge on any atom is 0.308 e. The van der Waals surface area contributed by atoms with Crippen molar-refractivity contribution in [3.8, 4) is 0 Å². The molecule has 3 rings (SSSR count). The number of carboxylic acid groups (broad SMARTS) is 1. The number of hydrogen-bond donors (Lipinski definition) is 1. The number of nitrogens with zero attached hydrogens (tertiary/aromatic N) is 2. The van der Waals surface area contributed by atoms with Gasteiger partial charge in [0.05, 0.1) is 11.4 Å². The number of aliphatic carboxylic acids is 1. The molecule has 0 radical (unpaired) electrons. The van der Waals surface area contributed by atoms with Crippen molar-refractivity contribution < 1.29 is 14.7 Å². The molecule has 2 aromatic rings. The number of carboxylic acids is 1. The van der Waals surface area contributed by atoms with Crippen LogP contribution in [-0.2, 0) is 9.59 Å².